The zero-order chi connectivity index (χ0) is 12.2. The van der Waals surface area contributed by atoms with E-state index in [0.717, 1.165) is 12.3 Å². The van der Waals surface area contributed by atoms with Gasteiger partial charge in [0.15, 0.2) is 0 Å². The molecule has 0 radical (unpaired) electrons. The third kappa shape index (κ3) is 10.1. The van der Waals surface area contributed by atoms with Crippen molar-refractivity contribution < 1.29 is 0 Å². The molecular formula is C16H27N. The molecule has 0 aromatic heterocycles. The van der Waals surface area contributed by atoms with Gasteiger partial charge in [-0.3, -0.25) is 0 Å². The number of nitrogens with two attached hydrogens (primary N) is 1. The minimum Gasteiger partial charge on any atom is -0.327 e. The van der Waals surface area contributed by atoms with Crippen LogP contribution in [0.4, 0.5) is 0 Å². The van der Waals surface area contributed by atoms with E-state index < -0.39 is 0 Å². The zero-order valence-electron chi connectivity index (χ0n) is 11.0. The van der Waals surface area contributed by atoms with Crippen LogP contribution < -0.4 is 5.73 Å². The van der Waals surface area contributed by atoms with Crippen molar-refractivity contribution in [2.45, 2.75) is 51.4 Å². The smallest absolute Gasteiger partial charge is 0.0109 e. The lowest BCUT2D eigenvalue weighted by Gasteiger charge is -1.96. The van der Waals surface area contributed by atoms with Crippen LogP contribution in [0.2, 0.25) is 0 Å². The molecule has 0 unspecified atom stereocenters. The number of hydrogen-bond donors (Lipinski definition) is 1. The molecule has 1 nitrogen and oxygen atoms in total. The zero-order valence-corrected chi connectivity index (χ0v) is 11.0. The molecule has 1 aliphatic rings. The van der Waals surface area contributed by atoms with Crippen molar-refractivity contribution in [2.75, 3.05) is 6.54 Å². The molecule has 0 atom stereocenters. The van der Waals surface area contributed by atoms with Crippen LogP contribution in [-0.4, -0.2) is 6.54 Å². The van der Waals surface area contributed by atoms with Crippen LogP contribution in [0.5, 0.6) is 0 Å². The fourth-order valence-corrected chi connectivity index (χ4v) is 1.89. The van der Waals surface area contributed by atoms with E-state index in [1.165, 1.54) is 44.9 Å². The van der Waals surface area contributed by atoms with Gasteiger partial charge in [0, 0.05) is 6.54 Å². The monoisotopic (exact) mass is 233 g/mol. The predicted molar refractivity (Wildman–Crippen MR) is 76.9 cm³/mol. The minimum atomic E-state index is 0.626. The molecule has 1 fully saturated rings. The Labute approximate surface area is 106 Å². The second kappa shape index (κ2) is 10.3. The van der Waals surface area contributed by atoms with Crippen LogP contribution in [0, 0.1) is 5.92 Å². The van der Waals surface area contributed by atoms with Crippen molar-refractivity contribution in [1.82, 2.24) is 0 Å². The first-order valence-corrected chi connectivity index (χ1v) is 7.10. The Morgan fingerprint density at radius 2 is 1.71 bits per heavy atom. The van der Waals surface area contributed by atoms with E-state index >= 15 is 0 Å². The van der Waals surface area contributed by atoms with Gasteiger partial charge in [0.1, 0.15) is 0 Å². The van der Waals surface area contributed by atoms with Gasteiger partial charge in [0.25, 0.3) is 0 Å². The first-order chi connectivity index (χ1) is 8.43. The van der Waals surface area contributed by atoms with E-state index in [9.17, 15) is 0 Å². The van der Waals surface area contributed by atoms with Crippen molar-refractivity contribution in [3.63, 3.8) is 0 Å². The van der Waals surface area contributed by atoms with Crippen LogP contribution in [0.1, 0.15) is 51.4 Å². The summed E-state index contributed by atoms with van der Waals surface area (Å²) in [5.74, 6) is 1.11. The molecule has 1 aliphatic carbocycles. The second-order valence-corrected chi connectivity index (χ2v) is 4.88. The molecule has 1 heteroatoms. The number of hydrogen-bond acceptors (Lipinski definition) is 1. The lowest BCUT2D eigenvalue weighted by Crippen LogP contribution is -1.91. The Morgan fingerprint density at radius 3 is 2.47 bits per heavy atom. The molecule has 0 aromatic rings. The average molecular weight is 233 g/mol. The molecule has 17 heavy (non-hydrogen) atoms. The maximum absolute atomic E-state index is 5.34. The highest BCUT2D eigenvalue weighted by Gasteiger charge is 2.19. The van der Waals surface area contributed by atoms with Gasteiger partial charge in [0.05, 0.1) is 0 Å². The summed E-state index contributed by atoms with van der Waals surface area (Å²) >= 11 is 0. The normalized spacial score (nSPS) is 16.8. The van der Waals surface area contributed by atoms with Crippen molar-refractivity contribution in [2.24, 2.45) is 11.7 Å². The Morgan fingerprint density at radius 1 is 0.882 bits per heavy atom. The summed E-state index contributed by atoms with van der Waals surface area (Å²) in [4.78, 5) is 0. The summed E-state index contributed by atoms with van der Waals surface area (Å²) in [5, 5.41) is 0. The first-order valence-electron chi connectivity index (χ1n) is 7.10. The van der Waals surface area contributed by atoms with Gasteiger partial charge in [-0.25, -0.2) is 0 Å². The summed E-state index contributed by atoms with van der Waals surface area (Å²) in [6.07, 6.45) is 23.8. The number of rotatable bonds is 10. The molecule has 0 amide bonds. The molecule has 0 spiro atoms. The van der Waals surface area contributed by atoms with Crippen LogP contribution in [0.3, 0.4) is 0 Å². The Bertz CT molecular complexity index is 246. The molecule has 1 saturated carbocycles. The maximum atomic E-state index is 5.34. The minimum absolute atomic E-state index is 0.626. The largest absolute Gasteiger partial charge is 0.327 e. The molecule has 0 bridgehead atoms. The highest BCUT2D eigenvalue weighted by Crippen LogP contribution is 2.34. The average Bonchev–Trinajstić information content (AvgIpc) is 3.15. The molecular weight excluding hydrogens is 206 g/mol. The summed E-state index contributed by atoms with van der Waals surface area (Å²) in [6, 6.07) is 0. The Kier molecular flexibility index (Phi) is 8.66. The SMILES string of the molecule is NCC=CC=CCC=CCCCCCC1CC1. The molecule has 0 saturated heterocycles. The van der Waals surface area contributed by atoms with Crippen molar-refractivity contribution in [3.05, 3.63) is 36.5 Å². The number of unbranched alkanes of at least 4 members (excludes halogenated alkanes) is 3. The molecule has 0 aliphatic heterocycles. The van der Waals surface area contributed by atoms with E-state index in [2.05, 4.69) is 24.3 Å². The van der Waals surface area contributed by atoms with Gasteiger partial charge in [-0.2, -0.15) is 0 Å². The van der Waals surface area contributed by atoms with Crippen LogP contribution >= 0.6 is 0 Å². The summed E-state index contributed by atoms with van der Waals surface area (Å²) < 4.78 is 0. The van der Waals surface area contributed by atoms with Crippen LogP contribution in [0.15, 0.2) is 36.5 Å². The lowest BCUT2D eigenvalue weighted by atomic mass is 10.1. The summed E-state index contributed by atoms with van der Waals surface area (Å²) in [6.45, 7) is 0.626. The molecule has 1 rings (SSSR count). The molecule has 96 valence electrons. The topological polar surface area (TPSA) is 26.0 Å². The molecule has 0 heterocycles. The van der Waals surface area contributed by atoms with E-state index in [0.29, 0.717) is 6.54 Å². The fourth-order valence-electron chi connectivity index (χ4n) is 1.89. The third-order valence-electron chi connectivity index (χ3n) is 3.14. The van der Waals surface area contributed by atoms with Gasteiger partial charge in [0.2, 0.25) is 0 Å². The summed E-state index contributed by atoms with van der Waals surface area (Å²) in [7, 11) is 0. The van der Waals surface area contributed by atoms with Crippen LogP contribution in [-0.2, 0) is 0 Å². The Hall–Kier alpha value is -0.820. The fraction of sp³-hybridized carbons (Fsp3) is 0.625. The van der Waals surface area contributed by atoms with Gasteiger partial charge in [-0.15, -0.1) is 0 Å². The van der Waals surface area contributed by atoms with E-state index in [1.54, 1.807) is 0 Å². The third-order valence-corrected chi connectivity index (χ3v) is 3.14. The van der Waals surface area contributed by atoms with Gasteiger partial charge in [-0.05, 0) is 25.2 Å². The first kappa shape index (κ1) is 14.2. The molecule has 0 aromatic carbocycles. The van der Waals surface area contributed by atoms with Gasteiger partial charge in [-0.1, -0.05) is 68.6 Å². The predicted octanol–water partition coefficient (Wildman–Crippen LogP) is 4.36. The van der Waals surface area contributed by atoms with Crippen LogP contribution in [0.25, 0.3) is 0 Å². The van der Waals surface area contributed by atoms with Gasteiger partial charge >= 0.3 is 0 Å². The Balaban J connectivity index is 1.80. The molecule has 2 N–H and O–H groups in total. The van der Waals surface area contributed by atoms with E-state index in [-0.39, 0.29) is 0 Å². The van der Waals surface area contributed by atoms with E-state index in [4.69, 9.17) is 5.73 Å². The van der Waals surface area contributed by atoms with Crippen molar-refractivity contribution in [3.8, 4) is 0 Å². The standard InChI is InChI=1S/C16H27N/c17-15-11-9-7-5-3-1-2-4-6-8-10-12-16-13-14-16/h1-2,5,7,9,11,16H,3-4,6,8,10,12-15,17H2. The van der Waals surface area contributed by atoms with Crippen molar-refractivity contribution in [1.29, 1.82) is 0 Å². The van der Waals surface area contributed by atoms with Gasteiger partial charge < -0.3 is 5.73 Å². The number of allylic oxidation sites excluding steroid dienone is 5. The second-order valence-electron chi connectivity index (χ2n) is 4.88. The quantitative estimate of drug-likeness (QED) is 0.338. The lowest BCUT2D eigenvalue weighted by molar-refractivity contribution is 0.606. The van der Waals surface area contributed by atoms with E-state index in [1.807, 2.05) is 12.2 Å². The highest BCUT2D eigenvalue weighted by molar-refractivity contribution is 5.05. The van der Waals surface area contributed by atoms with Crippen molar-refractivity contribution >= 4 is 0 Å². The highest BCUT2D eigenvalue weighted by atomic mass is 14.5. The maximum Gasteiger partial charge on any atom is 0.0109 e. The summed E-state index contributed by atoms with van der Waals surface area (Å²) in [5.41, 5.74) is 5.34.